The zero-order valence-corrected chi connectivity index (χ0v) is 20.2. The largest absolute Gasteiger partial charge is 0.481 e. The third-order valence-corrected chi connectivity index (χ3v) is 5.70. The number of carboxylic acids is 2. The van der Waals surface area contributed by atoms with Gasteiger partial charge < -0.3 is 48.7 Å². The van der Waals surface area contributed by atoms with E-state index in [1.54, 1.807) is 0 Å². The number of hydrogen-bond donors (Lipinski definition) is 8. The molecule has 0 radical (unpaired) electrons. The SMILES string of the molecule is NCCCCC(NC(=O)C(CC(=O)O)NC(=O)C1CCCN1C(=O)C(N)CCCN=C(N)N)C(=O)O. The number of likely N-dealkylation sites (tertiary alicyclic amines) is 1. The molecule has 36 heavy (non-hydrogen) atoms. The van der Waals surface area contributed by atoms with Crippen LogP contribution in [0.3, 0.4) is 0 Å². The first-order chi connectivity index (χ1) is 17.0. The summed E-state index contributed by atoms with van der Waals surface area (Å²) in [6, 6.07) is -4.63. The average Bonchev–Trinajstić information content (AvgIpc) is 3.29. The van der Waals surface area contributed by atoms with Gasteiger partial charge in [-0.25, -0.2) is 4.79 Å². The monoisotopic (exact) mass is 514 g/mol. The molecule has 3 amide bonds. The molecule has 0 spiro atoms. The number of carboxylic acid groups (broad SMARTS) is 2. The molecule has 0 aromatic carbocycles. The lowest BCUT2D eigenvalue weighted by Crippen LogP contribution is -2.57. The third-order valence-electron chi connectivity index (χ3n) is 5.70. The number of aliphatic carboxylic acids is 2. The van der Waals surface area contributed by atoms with Crippen LogP contribution in [0, 0.1) is 0 Å². The molecule has 1 rings (SSSR count). The fraction of sp³-hybridized carbons (Fsp3) is 0.714. The van der Waals surface area contributed by atoms with E-state index in [9.17, 15) is 34.2 Å². The summed E-state index contributed by atoms with van der Waals surface area (Å²) in [5, 5.41) is 23.2. The van der Waals surface area contributed by atoms with Crippen LogP contribution in [-0.2, 0) is 24.0 Å². The number of carbonyl (C=O) groups excluding carboxylic acids is 3. The summed E-state index contributed by atoms with van der Waals surface area (Å²) < 4.78 is 0. The second kappa shape index (κ2) is 15.5. The van der Waals surface area contributed by atoms with Crippen molar-refractivity contribution in [2.24, 2.45) is 27.9 Å². The van der Waals surface area contributed by atoms with E-state index in [-0.39, 0.29) is 25.3 Å². The van der Waals surface area contributed by atoms with E-state index >= 15 is 0 Å². The van der Waals surface area contributed by atoms with Crippen molar-refractivity contribution in [3.8, 4) is 0 Å². The Hall–Kier alpha value is -3.46. The Morgan fingerprint density at radius 3 is 2.28 bits per heavy atom. The second-order valence-electron chi connectivity index (χ2n) is 8.59. The first kappa shape index (κ1) is 30.6. The summed E-state index contributed by atoms with van der Waals surface area (Å²) in [6.07, 6.45) is 1.87. The Bertz CT molecular complexity index is 818. The minimum atomic E-state index is -1.53. The van der Waals surface area contributed by atoms with Crippen LogP contribution >= 0.6 is 0 Å². The first-order valence-electron chi connectivity index (χ1n) is 11.8. The number of hydrogen-bond acceptors (Lipinski definition) is 8. The van der Waals surface area contributed by atoms with Gasteiger partial charge >= 0.3 is 11.9 Å². The van der Waals surface area contributed by atoms with E-state index in [1.807, 2.05) is 0 Å². The topological polar surface area (TPSA) is 270 Å². The summed E-state index contributed by atoms with van der Waals surface area (Å²) in [6.45, 7) is 0.924. The van der Waals surface area contributed by atoms with Crippen molar-refractivity contribution in [1.29, 1.82) is 0 Å². The molecule has 12 N–H and O–H groups in total. The molecule has 1 aliphatic rings. The van der Waals surface area contributed by atoms with Gasteiger partial charge in [0.1, 0.15) is 18.1 Å². The van der Waals surface area contributed by atoms with E-state index in [0.717, 1.165) is 0 Å². The Morgan fingerprint density at radius 2 is 1.69 bits per heavy atom. The van der Waals surface area contributed by atoms with Crippen molar-refractivity contribution in [2.75, 3.05) is 19.6 Å². The number of rotatable bonds is 16. The molecule has 1 heterocycles. The Morgan fingerprint density at radius 1 is 1.00 bits per heavy atom. The number of amides is 3. The van der Waals surface area contributed by atoms with Gasteiger partial charge in [0.15, 0.2) is 5.96 Å². The van der Waals surface area contributed by atoms with Crippen LogP contribution in [0.2, 0.25) is 0 Å². The molecule has 1 aliphatic heterocycles. The molecule has 0 aromatic rings. The van der Waals surface area contributed by atoms with Crippen LogP contribution < -0.4 is 33.6 Å². The lowest BCUT2D eigenvalue weighted by atomic mass is 10.1. The Balaban J connectivity index is 2.83. The molecule has 15 nitrogen and oxygen atoms in total. The van der Waals surface area contributed by atoms with Crippen molar-refractivity contribution in [2.45, 2.75) is 75.5 Å². The van der Waals surface area contributed by atoms with Gasteiger partial charge in [-0.05, 0) is 51.5 Å². The van der Waals surface area contributed by atoms with E-state index in [4.69, 9.17) is 22.9 Å². The van der Waals surface area contributed by atoms with Crippen LogP contribution in [0.15, 0.2) is 4.99 Å². The van der Waals surface area contributed by atoms with Crippen molar-refractivity contribution in [3.63, 3.8) is 0 Å². The Kier molecular flexibility index (Phi) is 13.2. The van der Waals surface area contributed by atoms with Gasteiger partial charge in [-0.2, -0.15) is 0 Å². The van der Waals surface area contributed by atoms with Gasteiger partial charge in [-0.1, -0.05) is 0 Å². The van der Waals surface area contributed by atoms with Gasteiger partial charge in [-0.3, -0.25) is 24.2 Å². The van der Waals surface area contributed by atoms with Crippen molar-refractivity contribution in [1.82, 2.24) is 15.5 Å². The Labute approximate surface area is 209 Å². The number of nitrogens with zero attached hydrogens (tertiary/aromatic N) is 2. The first-order valence-corrected chi connectivity index (χ1v) is 11.8. The van der Waals surface area contributed by atoms with Gasteiger partial charge in [0.05, 0.1) is 12.5 Å². The summed E-state index contributed by atoms with van der Waals surface area (Å²) in [7, 11) is 0. The highest BCUT2D eigenvalue weighted by Gasteiger charge is 2.38. The minimum absolute atomic E-state index is 0.0728. The van der Waals surface area contributed by atoms with Gasteiger partial charge in [0, 0.05) is 13.1 Å². The summed E-state index contributed by atoms with van der Waals surface area (Å²) in [5.74, 6) is -4.85. The van der Waals surface area contributed by atoms with Gasteiger partial charge in [0.25, 0.3) is 0 Å². The highest BCUT2D eigenvalue weighted by Crippen LogP contribution is 2.19. The molecule has 0 bridgehead atoms. The summed E-state index contributed by atoms with van der Waals surface area (Å²) >= 11 is 0. The van der Waals surface area contributed by atoms with Gasteiger partial charge in [0.2, 0.25) is 17.7 Å². The highest BCUT2D eigenvalue weighted by atomic mass is 16.4. The third kappa shape index (κ3) is 10.4. The van der Waals surface area contributed by atoms with Crippen LogP contribution in [-0.4, -0.2) is 94.5 Å². The van der Waals surface area contributed by atoms with Crippen LogP contribution in [0.1, 0.15) is 51.4 Å². The van der Waals surface area contributed by atoms with Crippen molar-refractivity contribution < 1.29 is 34.2 Å². The van der Waals surface area contributed by atoms with Crippen molar-refractivity contribution in [3.05, 3.63) is 0 Å². The fourth-order valence-electron chi connectivity index (χ4n) is 3.83. The standard InChI is InChI=1S/C21H38N8O7/c22-8-2-1-6-13(20(35)36)27-17(32)14(11-16(30)31)28-18(33)15-7-4-10-29(15)19(34)12(23)5-3-9-26-21(24)25/h12-15H,1-11,22-23H2,(H,27,32)(H,28,33)(H,30,31)(H,35,36)(H4,24,25,26). The minimum Gasteiger partial charge on any atom is -0.481 e. The van der Waals surface area contributed by atoms with Gasteiger partial charge in [-0.15, -0.1) is 0 Å². The van der Waals surface area contributed by atoms with Crippen molar-refractivity contribution >= 4 is 35.6 Å². The normalized spacial score (nSPS) is 17.5. The molecule has 1 saturated heterocycles. The number of unbranched alkanes of at least 4 members (excludes halogenated alkanes) is 1. The number of aliphatic imine (C=N–C) groups is 1. The van der Waals surface area contributed by atoms with Crippen LogP contribution in [0.4, 0.5) is 0 Å². The maximum Gasteiger partial charge on any atom is 0.326 e. The number of carbonyl (C=O) groups is 5. The quantitative estimate of drug-likeness (QED) is 0.0584. The van der Waals surface area contributed by atoms with E-state index in [0.29, 0.717) is 45.2 Å². The number of nitrogens with two attached hydrogens (primary N) is 4. The van der Waals surface area contributed by atoms with E-state index in [1.165, 1.54) is 4.90 Å². The lowest BCUT2D eigenvalue weighted by molar-refractivity contribution is -0.144. The van der Waals surface area contributed by atoms with Crippen LogP contribution in [0.5, 0.6) is 0 Å². The molecule has 15 heteroatoms. The number of nitrogens with one attached hydrogen (secondary N) is 2. The smallest absolute Gasteiger partial charge is 0.326 e. The molecule has 0 aliphatic carbocycles. The predicted octanol–water partition coefficient (Wildman–Crippen LogP) is -2.98. The maximum absolute atomic E-state index is 13.0. The van der Waals surface area contributed by atoms with E-state index < -0.39 is 60.2 Å². The fourth-order valence-corrected chi connectivity index (χ4v) is 3.83. The molecule has 4 atom stereocenters. The van der Waals surface area contributed by atoms with E-state index in [2.05, 4.69) is 15.6 Å². The second-order valence-corrected chi connectivity index (χ2v) is 8.59. The number of guanidine groups is 1. The zero-order chi connectivity index (χ0) is 27.3. The highest BCUT2D eigenvalue weighted by molar-refractivity contribution is 5.95. The molecule has 4 unspecified atom stereocenters. The molecule has 0 saturated carbocycles. The predicted molar refractivity (Wildman–Crippen MR) is 129 cm³/mol. The summed E-state index contributed by atoms with van der Waals surface area (Å²) in [5.41, 5.74) is 21.9. The lowest BCUT2D eigenvalue weighted by Gasteiger charge is -2.28. The molecular formula is C21H38N8O7. The summed E-state index contributed by atoms with van der Waals surface area (Å²) in [4.78, 5) is 66.4. The molecule has 204 valence electrons. The average molecular weight is 515 g/mol. The maximum atomic E-state index is 13.0. The molecule has 0 aromatic heterocycles. The molecule has 1 fully saturated rings. The zero-order valence-electron chi connectivity index (χ0n) is 20.2. The molecular weight excluding hydrogens is 476 g/mol. The van der Waals surface area contributed by atoms with Crippen LogP contribution in [0.25, 0.3) is 0 Å².